The third-order valence-electron chi connectivity index (χ3n) is 5.77. The molecule has 0 spiro atoms. The standard InChI is InChI=1S/C27H28FN3O4/c1-34-25-15-20(7-12-24(25)35-18-26(32)29-22-10-8-21(28)9-11-22)27(33)30-23-13-14-31(17-23)16-19-5-3-2-4-6-19/h2-12,15,23H,13-14,16-18H2,1H3,(H,29,32)(H,30,33). The molecule has 35 heavy (non-hydrogen) atoms. The lowest BCUT2D eigenvalue weighted by Gasteiger charge is -2.17. The second-order valence-electron chi connectivity index (χ2n) is 8.39. The molecule has 0 saturated carbocycles. The summed E-state index contributed by atoms with van der Waals surface area (Å²) in [4.78, 5) is 27.3. The lowest BCUT2D eigenvalue weighted by molar-refractivity contribution is -0.118. The Morgan fingerprint density at radius 2 is 1.80 bits per heavy atom. The second kappa shape index (κ2) is 11.5. The normalized spacial score (nSPS) is 15.4. The summed E-state index contributed by atoms with van der Waals surface area (Å²) in [6, 6.07) is 20.6. The average molecular weight is 478 g/mol. The molecule has 1 unspecified atom stereocenters. The van der Waals surface area contributed by atoms with Crippen LogP contribution in [-0.4, -0.2) is 49.6 Å². The number of anilines is 1. The van der Waals surface area contributed by atoms with Crippen molar-refractivity contribution < 1.29 is 23.5 Å². The Kier molecular flexibility index (Phi) is 7.95. The van der Waals surface area contributed by atoms with Crippen LogP contribution in [-0.2, 0) is 11.3 Å². The zero-order valence-electron chi connectivity index (χ0n) is 19.5. The molecule has 1 heterocycles. The van der Waals surface area contributed by atoms with Gasteiger partial charge in [-0.2, -0.15) is 0 Å². The summed E-state index contributed by atoms with van der Waals surface area (Å²) in [7, 11) is 1.47. The van der Waals surface area contributed by atoms with E-state index in [0.29, 0.717) is 22.7 Å². The molecule has 3 aromatic rings. The number of ether oxygens (including phenoxy) is 2. The molecule has 0 radical (unpaired) electrons. The van der Waals surface area contributed by atoms with E-state index in [0.717, 1.165) is 26.1 Å². The van der Waals surface area contributed by atoms with Crippen molar-refractivity contribution in [1.82, 2.24) is 10.2 Å². The molecule has 1 saturated heterocycles. The zero-order chi connectivity index (χ0) is 24.6. The van der Waals surface area contributed by atoms with Gasteiger partial charge in [-0.3, -0.25) is 14.5 Å². The molecular weight excluding hydrogens is 449 g/mol. The Morgan fingerprint density at radius 1 is 1.03 bits per heavy atom. The highest BCUT2D eigenvalue weighted by Gasteiger charge is 2.24. The number of carbonyl (C=O) groups is 2. The number of benzene rings is 3. The molecule has 2 N–H and O–H groups in total. The Balaban J connectivity index is 1.29. The summed E-state index contributed by atoms with van der Waals surface area (Å²) < 4.78 is 23.9. The fourth-order valence-corrected chi connectivity index (χ4v) is 4.01. The maximum absolute atomic E-state index is 13.0. The van der Waals surface area contributed by atoms with Gasteiger partial charge in [0.15, 0.2) is 18.1 Å². The lowest BCUT2D eigenvalue weighted by Crippen LogP contribution is -2.37. The van der Waals surface area contributed by atoms with Crippen LogP contribution in [0.4, 0.5) is 10.1 Å². The number of nitrogens with zero attached hydrogens (tertiary/aromatic N) is 1. The summed E-state index contributed by atoms with van der Waals surface area (Å²) in [6.45, 7) is 2.32. The molecule has 3 aromatic carbocycles. The highest BCUT2D eigenvalue weighted by atomic mass is 19.1. The summed E-state index contributed by atoms with van der Waals surface area (Å²) in [5, 5.41) is 5.72. The van der Waals surface area contributed by atoms with Gasteiger partial charge in [-0.15, -0.1) is 0 Å². The van der Waals surface area contributed by atoms with Gasteiger partial charge in [0, 0.05) is 36.9 Å². The van der Waals surface area contributed by atoms with Crippen molar-refractivity contribution in [3.8, 4) is 11.5 Å². The molecule has 1 fully saturated rings. The van der Waals surface area contributed by atoms with Gasteiger partial charge in [-0.1, -0.05) is 30.3 Å². The molecule has 0 aromatic heterocycles. The molecular formula is C27H28FN3O4. The van der Waals surface area contributed by atoms with Crippen molar-refractivity contribution in [2.24, 2.45) is 0 Å². The SMILES string of the molecule is COc1cc(C(=O)NC2CCN(Cc3ccccc3)C2)ccc1OCC(=O)Nc1ccc(F)cc1. The van der Waals surface area contributed by atoms with E-state index in [2.05, 4.69) is 27.7 Å². The summed E-state index contributed by atoms with van der Waals surface area (Å²) >= 11 is 0. The Labute approximate surface area is 203 Å². The molecule has 0 aliphatic carbocycles. The molecule has 4 rings (SSSR count). The Bertz CT molecular complexity index is 1150. The Hall–Kier alpha value is -3.91. The molecule has 7 nitrogen and oxygen atoms in total. The van der Waals surface area contributed by atoms with E-state index in [1.165, 1.54) is 36.9 Å². The zero-order valence-corrected chi connectivity index (χ0v) is 19.5. The van der Waals surface area contributed by atoms with Gasteiger partial charge < -0.3 is 20.1 Å². The molecule has 2 amide bonds. The first-order valence-electron chi connectivity index (χ1n) is 11.4. The first-order valence-corrected chi connectivity index (χ1v) is 11.4. The smallest absolute Gasteiger partial charge is 0.262 e. The third-order valence-corrected chi connectivity index (χ3v) is 5.77. The van der Waals surface area contributed by atoms with Crippen molar-refractivity contribution in [3.63, 3.8) is 0 Å². The number of amides is 2. The van der Waals surface area contributed by atoms with Crippen LogP contribution >= 0.6 is 0 Å². The average Bonchev–Trinajstić information content (AvgIpc) is 3.31. The van der Waals surface area contributed by atoms with E-state index in [9.17, 15) is 14.0 Å². The van der Waals surface area contributed by atoms with Crippen LogP contribution in [0, 0.1) is 5.82 Å². The monoisotopic (exact) mass is 477 g/mol. The van der Waals surface area contributed by atoms with Crippen LogP contribution in [0.1, 0.15) is 22.3 Å². The second-order valence-corrected chi connectivity index (χ2v) is 8.39. The number of hydrogen-bond donors (Lipinski definition) is 2. The number of nitrogens with one attached hydrogen (secondary N) is 2. The molecule has 8 heteroatoms. The van der Waals surface area contributed by atoms with Crippen LogP contribution in [0.3, 0.4) is 0 Å². The predicted molar refractivity (Wildman–Crippen MR) is 131 cm³/mol. The van der Waals surface area contributed by atoms with Gasteiger partial charge in [-0.25, -0.2) is 4.39 Å². The van der Waals surface area contributed by atoms with E-state index in [1.54, 1.807) is 18.2 Å². The maximum atomic E-state index is 13.0. The fraction of sp³-hybridized carbons (Fsp3) is 0.259. The quantitative estimate of drug-likeness (QED) is 0.489. The molecule has 0 bridgehead atoms. The predicted octanol–water partition coefficient (Wildman–Crippen LogP) is 3.86. The highest BCUT2D eigenvalue weighted by molar-refractivity contribution is 5.95. The first kappa shape index (κ1) is 24.2. The van der Waals surface area contributed by atoms with Gasteiger partial charge in [0.05, 0.1) is 7.11 Å². The molecule has 1 aliphatic heterocycles. The minimum atomic E-state index is -0.401. The first-order chi connectivity index (χ1) is 17.0. The van der Waals surface area contributed by atoms with Gasteiger partial charge in [0.25, 0.3) is 11.8 Å². The van der Waals surface area contributed by atoms with Crippen LogP contribution < -0.4 is 20.1 Å². The minimum absolute atomic E-state index is 0.0725. The molecule has 1 atom stereocenters. The fourth-order valence-electron chi connectivity index (χ4n) is 4.01. The van der Waals surface area contributed by atoms with E-state index in [-0.39, 0.29) is 24.4 Å². The minimum Gasteiger partial charge on any atom is -0.493 e. The van der Waals surface area contributed by atoms with Gasteiger partial charge in [0.1, 0.15) is 5.82 Å². The number of carbonyl (C=O) groups excluding carboxylic acids is 2. The van der Waals surface area contributed by atoms with E-state index >= 15 is 0 Å². The molecule has 182 valence electrons. The van der Waals surface area contributed by atoms with Crippen molar-refractivity contribution in [3.05, 3.63) is 89.7 Å². The number of hydrogen-bond acceptors (Lipinski definition) is 5. The summed E-state index contributed by atoms with van der Waals surface area (Å²) in [6.07, 6.45) is 0.889. The van der Waals surface area contributed by atoms with Crippen LogP contribution in [0.25, 0.3) is 0 Å². The topological polar surface area (TPSA) is 79.9 Å². The number of rotatable bonds is 9. The lowest BCUT2D eigenvalue weighted by atomic mass is 10.1. The Morgan fingerprint density at radius 3 is 2.54 bits per heavy atom. The number of halogens is 1. The summed E-state index contributed by atoms with van der Waals surface area (Å²) in [5.74, 6) is -0.277. The van der Waals surface area contributed by atoms with E-state index in [4.69, 9.17) is 9.47 Å². The van der Waals surface area contributed by atoms with Crippen LogP contribution in [0.5, 0.6) is 11.5 Å². The van der Waals surface area contributed by atoms with Gasteiger partial charge >= 0.3 is 0 Å². The maximum Gasteiger partial charge on any atom is 0.262 e. The molecule has 1 aliphatic rings. The van der Waals surface area contributed by atoms with Crippen LogP contribution in [0.2, 0.25) is 0 Å². The third kappa shape index (κ3) is 6.80. The van der Waals surface area contributed by atoms with Crippen molar-refractivity contribution in [2.75, 3.05) is 32.1 Å². The number of methoxy groups -OCH3 is 1. The highest BCUT2D eigenvalue weighted by Crippen LogP contribution is 2.28. The number of likely N-dealkylation sites (tertiary alicyclic amines) is 1. The van der Waals surface area contributed by atoms with Crippen molar-refractivity contribution in [1.29, 1.82) is 0 Å². The van der Waals surface area contributed by atoms with E-state index in [1.807, 2.05) is 18.2 Å². The largest absolute Gasteiger partial charge is 0.493 e. The summed E-state index contributed by atoms with van der Waals surface area (Å²) in [5.41, 5.74) is 2.17. The van der Waals surface area contributed by atoms with E-state index < -0.39 is 5.91 Å². The van der Waals surface area contributed by atoms with Gasteiger partial charge in [0.2, 0.25) is 0 Å². The van der Waals surface area contributed by atoms with Crippen molar-refractivity contribution in [2.45, 2.75) is 19.0 Å². The van der Waals surface area contributed by atoms with Crippen LogP contribution in [0.15, 0.2) is 72.8 Å². The van der Waals surface area contributed by atoms with Crippen molar-refractivity contribution >= 4 is 17.5 Å². The van der Waals surface area contributed by atoms with Gasteiger partial charge in [-0.05, 0) is 54.4 Å².